The normalized spacial score (nSPS) is 14.0. The van der Waals surface area contributed by atoms with Gasteiger partial charge in [-0.1, -0.05) is 54.6 Å². The molecule has 4 amide bonds. The second-order valence-electron chi connectivity index (χ2n) is 6.01. The number of benzene rings is 2. The van der Waals surface area contributed by atoms with Crippen LogP contribution in [-0.4, -0.2) is 47.6 Å². The molecule has 0 atom stereocenters. The Kier molecular flexibility index (Phi) is 5.94. The highest BCUT2D eigenvalue weighted by molar-refractivity contribution is 5.95. The molecule has 0 saturated carbocycles. The first-order valence-electron chi connectivity index (χ1n) is 8.65. The molecule has 2 aromatic carbocycles. The third-order valence-electron chi connectivity index (χ3n) is 4.23. The van der Waals surface area contributed by atoms with Crippen molar-refractivity contribution in [2.75, 3.05) is 13.1 Å². The van der Waals surface area contributed by atoms with Gasteiger partial charge in [-0.2, -0.15) is 5.10 Å². The lowest BCUT2D eigenvalue weighted by molar-refractivity contribution is -0.107. The second kappa shape index (κ2) is 8.75. The summed E-state index contributed by atoms with van der Waals surface area (Å²) in [6.45, 7) is 0.865. The summed E-state index contributed by atoms with van der Waals surface area (Å²) in [6.07, 6.45) is 2.71. The predicted octanol–water partition coefficient (Wildman–Crippen LogP) is 2.41. The van der Waals surface area contributed by atoms with Crippen LogP contribution in [0, 0.1) is 0 Å². The number of urea groups is 2. The summed E-state index contributed by atoms with van der Waals surface area (Å²) in [6, 6.07) is 15.9. The van der Waals surface area contributed by atoms with Gasteiger partial charge in [0.05, 0.1) is 19.3 Å². The van der Waals surface area contributed by atoms with Crippen LogP contribution >= 0.6 is 0 Å². The van der Waals surface area contributed by atoms with Crippen LogP contribution < -0.4 is 5.32 Å². The van der Waals surface area contributed by atoms with Gasteiger partial charge in [-0.3, -0.25) is 0 Å². The van der Waals surface area contributed by atoms with Crippen LogP contribution in [0.4, 0.5) is 9.59 Å². The van der Waals surface area contributed by atoms with Gasteiger partial charge in [-0.05, 0) is 16.7 Å². The number of hydrogen-bond donors (Lipinski definition) is 1. The Morgan fingerprint density at radius 2 is 1.74 bits per heavy atom. The molecular weight excluding hydrogens is 344 g/mol. The maximum absolute atomic E-state index is 12.4. The van der Waals surface area contributed by atoms with E-state index >= 15 is 0 Å². The fraction of sp³-hybridized carbons (Fsp3) is 0.200. The molecule has 0 radical (unpaired) electrons. The molecule has 0 bridgehead atoms. The van der Waals surface area contributed by atoms with Crippen molar-refractivity contribution in [3.63, 3.8) is 0 Å². The van der Waals surface area contributed by atoms with E-state index in [2.05, 4.69) is 10.4 Å². The van der Waals surface area contributed by atoms with Crippen LogP contribution in [-0.2, 0) is 17.8 Å². The van der Waals surface area contributed by atoms with Crippen LogP contribution in [0.5, 0.6) is 0 Å². The van der Waals surface area contributed by atoms with Crippen molar-refractivity contribution in [1.82, 2.24) is 15.2 Å². The van der Waals surface area contributed by atoms with E-state index in [4.69, 9.17) is 0 Å². The quantitative estimate of drug-likeness (QED) is 0.631. The van der Waals surface area contributed by atoms with Crippen molar-refractivity contribution in [1.29, 1.82) is 0 Å². The number of nitrogens with one attached hydrogen (secondary N) is 1. The SMILES string of the molecule is O=CCc1ccccc1CNC(=O)N1CCN(/N=C/c2ccccc2)C1=O. The molecule has 7 nitrogen and oxygen atoms in total. The number of hydrazone groups is 1. The Hall–Kier alpha value is -3.48. The van der Waals surface area contributed by atoms with Gasteiger partial charge in [0.1, 0.15) is 6.29 Å². The molecule has 0 unspecified atom stereocenters. The molecule has 0 aliphatic carbocycles. The van der Waals surface area contributed by atoms with Gasteiger partial charge in [-0.15, -0.1) is 0 Å². The highest BCUT2D eigenvalue weighted by Crippen LogP contribution is 2.12. The van der Waals surface area contributed by atoms with E-state index in [9.17, 15) is 14.4 Å². The molecule has 1 aliphatic rings. The summed E-state index contributed by atoms with van der Waals surface area (Å²) in [5, 5.41) is 8.17. The Morgan fingerprint density at radius 3 is 2.48 bits per heavy atom. The topological polar surface area (TPSA) is 82.1 Å². The highest BCUT2D eigenvalue weighted by Gasteiger charge is 2.33. The number of hydrogen-bond acceptors (Lipinski definition) is 4. The average molecular weight is 364 g/mol. The molecule has 0 spiro atoms. The third-order valence-corrected chi connectivity index (χ3v) is 4.23. The second-order valence-corrected chi connectivity index (χ2v) is 6.01. The molecule has 138 valence electrons. The number of rotatable bonds is 6. The van der Waals surface area contributed by atoms with E-state index in [0.29, 0.717) is 6.54 Å². The first-order chi connectivity index (χ1) is 13.2. The minimum absolute atomic E-state index is 0.250. The molecule has 1 saturated heterocycles. The van der Waals surface area contributed by atoms with Gasteiger partial charge in [0, 0.05) is 13.0 Å². The van der Waals surface area contributed by atoms with Crippen molar-refractivity contribution in [2.45, 2.75) is 13.0 Å². The monoisotopic (exact) mass is 364 g/mol. The summed E-state index contributed by atoms with van der Waals surface area (Å²) in [7, 11) is 0. The van der Waals surface area contributed by atoms with Crippen LogP contribution in [0.1, 0.15) is 16.7 Å². The Bertz CT molecular complexity index is 851. The van der Waals surface area contributed by atoms with Crippen LogP contribution in [0.3, 0.4) is 0 Å². The lowest BCUT2D eigenvalue weighted by Crippen LogP contribution is -2.41. The molecule has 1 fully saturated rings. The number of aldehydes is 1. The number of nitrogens with zero attached hydrogens (tertiary/aromatic N) is 3. The highest BCUT2D eigenvalue weighted by atomic mass is 16.2. The summed E-state index contributed by atoms with van der Waals surface area (Å²) in [4.78, 5) is 36.6. The van der Waals surface area contributed by atoms with E-state index in [1.165, 1.54) is 5.01 Å². The minimum Gasteiger partial charge on any atom is -0.333 e. The first kappa shape index (κ1) is 18.3. The van der Waals surface area contributed by atoms with Gasteiger partial charge >= 0.3 is 12.1 Å². The standard InChI is InChI=1S/C20H20N4O3/c25-13-10-17-8-4-5-9-18(17)15-21-19(26)23-11-12-24(20(23)27)22-14-16-6-2-1-3-7-16/h1-9,13-14H,10-12,15H2,(H,21,26)/b22-14+. The first-order valence-corrected chi connectivity index (χ1v) is 8.65. The van der Waals surface area contributed by atoms with E-state index < -0.39 is 12.1 Å². The number of imide groups is 1. The van der Waals surface area contributed by atoms with Crippen molar-refractivity contribution < 1.29 is 14.4 Å². The maximum Gasteiger partial charge on any atom is 0.348 e. The van der Waals surface area contributed by atoms with Crippen LogP contribution in [0.25, 0.3) is 0 Å². The molecule has 2 aromatic rings. The Morgan fingerprint density at radius 1 is 1.04 bits per heavy atom. The van der Waals surface area contributed by atoms with Gasteiger partial charge in [0.15, 0.2) is 0 Å². The smallest absolute Gasteiger partial charge is 0.333 e. The van der Waals surface area contributed by atoms with Gasteiger partial charge in [-0.25, -0.2) is 19.5 Å². The lowest BCUT2D eigenvalue weighted by atomic mass is 10.1. The van der Waals surface area contributed by atoms with Gasteiger partial charge in [0.2, 0.25) is 0 Å². The molecule has 7 heteroatoms. The molecule has 1 heterocycles. The average Bonchev–Trinajstić information content (AvgIpc) is 3.07. The van der Waals surface area contributed by atoms with E-state index in [1.807, 2.05) is 54.6 Å². The van der Waals surface area contributed by atoms with E-state index in [1.54, 1.807) is 6.21 Å². The van der Waals surface area contributed by atoms with E-state index in [0.717, 1.165) is 27.9 Å². The molecule has 1 aliphatic heterocycles. The molecule has 3 rings (SSSR count). The number of amides is 4. The van der Waals surface area contributed by atoms with Crippen molar-refractivity contribution in [3.05, 3.63) is 71.3 Å². The Labute approximate surface area is 157 Å². The molecule has 27 heavy (non-hydrogen) atoms. The van der Waals surface area contributed by atoms with Crippen molar-refractivity contribution in [2.24, 2.45) is 5.10 Å². The zero-order chi connectivity index (χ0) is 19.1. The van der Waals surface area contributed by atoms with E-state index in [-0.39, 0.29) is 19.5 Å². The molecule has 1 N–H and O–H groups in total. The predicted molar refractivity (Wildman–Crippen MR) is 101 cm³/mol. The van der Waals surface area contributed by atoms with Gasteiger partial charge in [0.25, 0.3) is 0 Å². The fourth-order valence-corrected chi connectivity index (χ4v) is 2.78. The largest absolute Gasteiger partial charge is 0.348 e. The maximum atomic E-state index is 12.4. The molecular formula is C20H20N4O3. The minimum atomic E-state index is -0.474. The zero-order valence-electron chi connectivity index (χ0n) is 14.7. The Balaban J connectivity index is 1.57. The number of carbonyl (C=O) groups is 3. The summed E-state index contributed by atoms with van der Waals surface area (Å²) < 4.78 is 0. The zero-order valence-corrected chi connectivity index (χ0v) is 14.7. The lowest BCUT2D eigenvalue weighted by Gasteiger charge is -2.16. The third kappa shape index (κ3) is 4.58. The van der Waals surface area contributed by atoms with Gasteiger partial charge < -0.3 is 10.1 Å². The van der Waals surface area contributed by atoms with Crippen LogP contribution in [0.15, 0.2) is 59.7 Å². The van der Waals surface area contributed by atoms with Crippen LogP contribution in [0.2, 0.25) is 0 Å². The summed E-state index contributed by atoms with van der Waals surface area (Å²) in [5.41, 5.74) is 2.58. The van der Waals surface area contributed by atoms with Crippen molar-refractivity contribution >= 4 is 24.6 Å². The fourth-order valence-electron chi connectivity index (χ4n) is 2.78. The molecule has 0 aromatic heterocycles. The summed E-state index contributed by atoms with van der Waals surface area (Å²) >= 11 is 0. The van der Waals surface area contributed by atoms with Crippen molar-refractivity contribution in [3.8, 4) is 0 Å². The number of carbonyl (C=O) groups excluding carboxylic acids is 3. The summed E-state index contributed by atoms with van der Waals surface area (Å²) in [5.74, 6) is 0.